The lowest BCUT2D eigenvalue weighted by atomic mass is 9.98. The zero-order valence-corrected chi connectivity index (χ0v) is 18.0. The highest BCUT2D eigenvalue weighted by Crippen LogP contribution is 2.17. The molecule has 0 atom stereocenters. The summed E-state index contributed by atoms with van der Waals surface area (Å²) >= 11 is 0. The molecule has 0 unspecified atom stereocenters. The third-order valence-corrected chi connectivity index (χ3v) is 5.69. The first-order valence-corrected chi connectivity index (χ1v) is 11.4. The van der Waals surface area contributed by atoms with Crippen LogP contribution in [0.25, 0.3) is 0 Å². The van der Waals surface area contributed by atoms with Crippen LogP contribution in [0.4, 0.5) is 0 Å². The summed E-state index contributed by atoms with van der Waals surface area (Å²) in [6, 6.07) is 10.6. The molecule has 1 amide bonds. The SMILES string of the molecule is Cc1cccc(CCN/C=C(/C#N)C(=O)NC2CCCCCCCCCCC2)c1. The van der Waals surface area contributed by atoms with Crippen LogP contribution >= 0.6 is 0 Å². The maximum Gasteiger partial charge on any atom is 0.263 e. The van der Waals surface area contributed by atoms with Crippen LogP contribution in [0, 0.1) is 18.3 Å². The fourth-order valence-corrected chi connectivity index (χ4v) is 3.98. The minimum atomic E-state index is -0.243. The molecule has 0 saturated heterocycles. The normalized spacial score (nSPS) is 17.4. The lowest BCUT2D eigenvalue weighted by molar-refractivity contribution is -0.117. The molecule has 0 spiro atoms. The summed E-state index contributed by atoms with van der Waals surface area (Å²) in [5.74, 6) is -0.243. The van der Waals surface area contributed by atoms with E-state index in [4.69, 9.17) is 0 Å². The van der Waals surface area contributed by atoms with E-state index in [1.807, 2.05) is 0 Å². The van der Waals surface area contributed by atoms with Crippen molar-refractivity contribution < 1.29 is 4.79 Å². The summed E-state index contributed by atoms with van der Waals surface area (Å²) < 4.78 is 0. The van der Waals surface area contributed by atoms with Gasteiger partial charge in [-0.05, 0) is 31.7 Å². The van der Waals surface area contributed by atoms with Crippen LogP contribution in [0.5, 0.6) is 0 Å². The standard InChI is InChI=1S/C25H37N3O/c1-21-12-11-13-22(18-21)16-17-27-20-23(19-26)25(29)28-24-14-9-7-5-3-2-4-6-8-10-15-24/h11-13,18,20,24,27H,2-10,14-17H2,1H3,(H,28,29)/b23-20-. The Morgan fingerprint density at radius 1 is 1.07 bits per heavy atom. The van der Waals surface area contributed by atoms with E-state index in [1.54, 1.807) is 6.20 Å². The van der Waals surface area contributed by atoms with Crippen molar-refractivity contribution in [2.45, 2.75) is 90.0 Å². The first-order valence-electron chi connectivity index (χ1n) is 11.4. The fourth-order valence-electron chi connectivity index (χ4n) is 3.98. The van der Waals surface area contributed by atoms with Crippen molar-refractivity contribution in [1.29, 1.82) is 5.26 Å². The van der Waals surface area contributed by atoms with E-state index in [9.17, 15) is 10.1 Å². The van der Waals surface area contributed by atoms with Crippen molar-refractivity contribution in [3.05, 3.63) is 47.2 Å². The van der Waals surface area contributed by atoms with Crippen LogP contribution in [0.3, 0.4) is 0 Å². The molecule has 29 heavy (non-hydrogen) atoms. The van der Waals surface area contributed by atoms with Crippen LogP contribution in [0.15, 0.2) is 36.0 Å². The molecule has 0 heterocycles. The quantitative estimate of drug-likeness (QED) is 0.389. The highest BCUT2D eigenvalue weighted by Gasteiger charge is 2.15. The Labute approximate surface area is 176 Å². The molecule has 1 saturated carbocycles. The van der Waals surface area contributed by atoms with Crippen molar-refractivity contribution in [2.75, 3.05) is 6.54 Å². The minimum Gasteiger partial charge on any atom is -0.389 e. The first kappa shape index (κ1) is 23.0. The predicted molar refractivity (Wildman–Crippen MR) is 119 cm³/mol. The number of carbonyl (C=O) groups excluding carboxylic acids is 1. The highest BCUT2D eigenvalue weighted by molar-refractivity contribution is 5.97. The molecular weight excluding hydrogens is 358 g/mol. The number of benzene rings is 1. The van der Waals surface area contributed by atoms with Crippen molar-refractivity contribution >= 4 is 5.91 Å². The summed E-state index contributed by atoms with van der Waals surface area (Å²) in [6.07, 6.45) is 15.9. The topological polar surface area (TPSA) is 64.9 Å². The summed E-state index contributed by atoms with van der Waals surface area (Å²) in [4.78, 5) is 12.6. The summed E-state index contributed by atoms with van der Waals surface area (Å²) in [6.45, 7) is 2.78. The minimum absolute atomic E-state index is 0.167. The second-order valence-corrected chi connectivity index (χ2v) is 8.29. The summed E-state index contributed by atoms with van der Waals surface area (Å²) in [5, 5.41) is 15.7. The zero-order chi connectivity index (χ0) is 20.7. The van der Waals surface area contributed by atoms with Crippen molar-refractivity contribution in [1.82, 2.24) is 10.6 Å². The van der Waals surface area contributed by atoms with E-state index in [2.05, 4.69) is 47.9 Å². The highest BCUT2D eigenvalue weighted by atomic mass is 16.1. The van der Waals surface area contributed by atoms with Gasteiger partial charge in [-0.15, -0.1) is 0 Å². The number of aryl methyl sites for hydroxylation is 1. The van der Waals surface area contributed by atoms with Gasteiger partial charge in [0.2, 0.25) is 0 Å². The maximum absolute atomic E-state index is 12.6. The Morgan fingerprint density at radius 2 is 1.69 bits per heavy atom. The second kappa shape index (κ2) is 13.8. The van der Waals surface area contributed by atoms with Crippen LogP contribution in [-0.4, -0.2) is 18.5 Å². The Bertz CT molecular complexity index is 678. The van der Waals surface area contributed by atoms with Gasteiger partial charge < -0.3 is 10.6 Å². The number of nitrogens with zero attached hydrogens (tertiary/aromatic N) is 1. The molecule has 0 bridgehead atoms. The summed E-state index contributed by atoms with van der Waals surface area (Å²) in [7, 11) is 0. The van der Waals surface area contributed by atoms with Crippen LogP contribution < -0.4 is 10.6 Å². The monoisotopic (exact) mass is 395 g/mol. The van der Waals surface area contributed by atoms with E-state index in [-0.39, 0.29) is 17.5 Å². The number of nitrogens with one attached hydrogen (secondary N) is 2. The molecule has 0 aliphatic heterocycles. The Balaban J connectivity index is 1.80. The van der Waals surface area contributed by atoms with E-state index in [0.29, 0.717) is 6.54 Å². The largest absolute Gasteiger partial charge is 0.389 e. The number of rotatable bonds is 6. The van der Waals surface area contributed by atoms with Gasteiger partial charge in [0.15, 0.2) is 0 Å². The molecule has 0 radical (unpaired) electrons. The maximum atomic E-state index is 12.6. The number of amides is 1. The number of hydrogen-bond donors (Lipinski definition) is 2. The molecule has 1 aliphatic carbocycles. The Kier molecular flexibility index (Phi) is 11.0. The van der Waals surface area contributed by atoms with Gasteiger partial charge in [0, 0.05) is 18.8 Å². The predicted octanol–water partition coefficient (Wildman–Crippen LogP) is 5.32. The van der Waals surface area contributed by atoms with Crippen LogP contribution in [0.2, 0.25) is 0 Å². The molecular formula is C25H37N3O. The number of hydrogen-bond acceptors (Lipinski definition) is 3. The molecule has 4 heteroatoms. The molecule has 1 aromatic rings. The van der Waals surface area contributed by atoms with Gasteiger partial charge in [-0.2, -0.15) is 5.26 Å². The second-order valence-electron chi connectivity index (χ2n) is 8.29. The smallest absolute Gasteiger partial charge is 0.263 e. The summed E-state index contributed by atoms with van der Waals surface area (Å²) in [5.41, 5.74) is 2.66. The molecule has 1 aliphatic rings. The van der Waals surface area contributed by atoms with E-state index >= 15 is 0 Å². The van der Waals surface area contributed by atoms with Gasteiger partial charge in [-0.1, -0.05) is 87.6 Å². The third-order valence-electron chi connectivity index (χ3n) is 5.69. The Hall–Kier alpha value is -2.28. The third kappa shape index (κ3) is 9.65. The average Bonchev–Trinajstić information content (AvgIpc) is 2.70. The van der Waals surface area contributed by atoms with Gasteiger partial charge >= 0.3 is 0 Å². The molecule has 2 N–H and O–H groups in total. The van der Waals surface area contributed by atoms with E-state index in [1.165, 1.54) is 56.1 Å². The van der Waals surface area contributed by atoms with Crippen LogP contribution in [-0.2, 0) is 11.2 Å². The molecule has 2 rings (SSSR count). The number of nitriles is 1. The van der Waals surface area contributed by atoms with Crippen molar-refractivity contribution in [2.24, 2.45) is 0 Å². The van der Waals surface area contributed by atoms with E-state index < -0.39 is 0 Å². The Morgan fingerprint density at radius 3 is 2.28 bits per heavy atom. The molecule has 0 aromatic heterocycles. The lowest BCUT2D eigenvalue weighted by Crippen LogP contribution is -2.36. The lowest BCUT2D eigenvalue weighted by Gasteiger charge is -2.19. The molecule has 1 aromatic carbocycles. The van der Waals surface area contributed by atoms with Crippen molar-refractivity contribution in [3.8, 4) is 6.07 Å². The van der Waals surface area contributed by atoms with Gasteiger partial charge in [-0.3, -0.25) is 4.79 Å². The molecule has 158 valence electrons. The van der Waals surface area contributed by atoms with Crippen LogP contribution in [0.1, 0.15) is 81.8 Å². The number of carbonyl (C=O) groups is 1. The molecule has 4 nitrogen and oxygen atoms in total. The van der Waals surface area contributed by atoms with Gasteiger partial charge in [0.05, 0.1) is 0 Å². The fraction of sp³-hybridized carbons (Fsp3) is 0.600. The van der Waals surface area contributed by atoms with Gasteiger partial charge in [-0.25, -0.2) is 0 Å². The zero-order valence-electron chi connectivity index (χ0n) is 18.0. The van der Waals surface area contributed by atoms with Gasteiger partial charge in [0.1, 0.15) is 11.6 Å². The molecule has 1 fully saturated rings. The van der Waals surface area contributed by atoms with Crippen molar-refractivity contribution in [3.63, 3.8) is 0 Å². The first-order chi connectivity index (χ1) is 14.2. The van der Waals surface area contributed by atoms with E-state index in [0.717, 1.165) is 32.1 Å². The van der Waals surface area contributed by atoms with Gasteiger partial charge in [0.25, 0.3) is 5.91 Å². The average molecular weight is 396 g/mol.